The number of ketones is 1. The van der Waals surface area contributed by atoms with Crippen molar-refractivity contribution < 1.29 is 4.79 Å². The summed E-state index contributed by atoms with van der Waals surface area (Å²) in [6.07, 6.45) is 2.15. The van der Waals surface area contributed by atoms with Crippen LogP contribution >= 0.6 is 22.9 Å². The number of allylic oxidation sites excluding steroid dienone is 2. The van der Waals surface area contributed by atoms with Crippen molar-refractivity contribution in [2.24, 2.45) is 17.3 Å². The van der Waals surface area contributed by atoms with Crippen LogP contribution in [0.5, 0.6) is 0 Å². The molecule has 3 atom stereocenters. The quantitative estimate of drug-likeness (QED) is 0.691. The number of benzene rings is 1. The van der Waals surface area contributed by atoms with Gasteiger partial charge in [0.05, 0.1) is 16.3 Å². The van der Waals surface area contributed by atoms with Crippen LogP contribution < -0.4 is 0 Å². The molecular weight excluding hydrogens is 340 g/mol. The summed E-state index contributed by atoms with van der Waals surface area (Å²) >= 11 is 7.39. The predicted molar refractivity (Wildman–Crippen MR) is 98.2 cm³/mol. The Labute approximate surface area is 151 Å². The predicted octanol–water partition coefficient (Wildman–Crippen LogP) is 5.36. The van der Waals surface area contributed by atoms with Gasteiger partial charge in [-0.15, -0.1) is 11.3 Å². The van der Waals surface area contributed by atoms with E-state index in [1.807, 2.05) is 19.9 Å². The van der Waals surface area contributed by atoms with Crippen molar-refractivity contribution in [3.8, 4) is 6.07 Å². The Balaban J connectivity index is 1.92. The highest BCUT2D eigenvalue weighted by Crippen LogP contribution is 2.61. The lowest BCUT2D eigenvalue weighted by Gasteiger charge is -2.05. The molecule has 0 N–H and O–H groups in total. The van der Waals surface area contributed by atoms with E-state index >= 15 is 0 Å². The first-order valence-electron chi connectivity index (χ1n) is 7.90. The van der Waals surface area contributed by atoms with Gasteiger partial charge in [0.1, 0.15) is 5.01 Å². The number of nitrogens with zero attached hydrogens (tertiary/aromatic N) is 2. The summed E-state index contributed by atoms with van der Waals surface area (Å²) in [6, 6.07) is 7.61. The Morgan fingerprint density at radius 2 is 2.17 bits per heavy atom. The number of aromatic nitrogens is 1. The van der Waals surface area contributed by atoms with Crippen molar-refractivity contribution in [3.05, 3.63) is 39.9 Å². The van der Waals surface area contributed by atoms with E-state index in [1.54, 1.807) is 12.1 Å². The smallest absolute Gasteiger partial charge is 0.161 e. The third-order valence-electron chi connectivity index (χ3n) is 4.76. The molecule has 0 radical (unpaired) electrons. The second kappa shape index (κ2) is 5.98. The number of carbonyl (C=O) groups is 1. The average Bonchev–Trinajstić information content (AvgIpc) is 2.83. The minimum absolute atomic E-state index is 0.0184. The molecule has 1 saturated carbocycles. The molecule has 3 rings (SSSR count). The summed E-state index contributed by atoms with van der Waals surface area (Å²) in [5, 5.41) is 10.8. The van der Waals surface area contributed by atoms with E-state index < -0.39 is 5.92 Å². The van der Waals surface area contributed by atoms with Gasteiger partial charge in [0, 0.05) is 10.9 Å². The van der Waals surface area contributed by atoms with Crippen LogP contribution in [0.25, 0.3) is 10.2 Å². The summed E-state index contributed by atoms with van der Waals surface area (Å²) in [5.74, 6) is -0.738. The van der Waals surface area contributed by atoms with Gasteiger partial charge in [-0.05, 0) is 43.4 Å². The second-order valence-corrected chi connectivity index (χ2v) is 8.70. The molecule has 3 nitrogen and oxygen atoms in total. The lowest BCUT2D eigenvalue weighted by molar-refractivity contribution is -0.121. The molecule has 0 bridgehead atoms. The van der Waals surface area contributed by atoms with Crippen LogP contribution in [-0.2, 0) is 4.79 Å². The number of Topliss-reactive ketones (excluding diaryl/α,β-unsaturated/α-hetero) is 1. The molecule has 1 aliphatic carbocycles. The van der Waals surface area contributed by atoms with E-state index in [0.717, 1.165) is 10.2 Å². The summed E-state index contributed by atoms with van der Waals surface area (Å²) in [4.78, 5) is 17.5. The second-order valence-electron chi connectivity index (χ2n) is 7.20. The SMILES string of the molecule is CC(C)=C[C@@H]1[C@H](C(=O)[C@@H](C#N)c2nc3cc(Cl)ccc3s2)C1(C)C. The van der Waals surface area contributed by atoms with Gasteiger partial charge in [-0.2, -0.15) is 5.26 Å². The molecule has 0 saturated heterocycles. The van der Waals surface area contributed by atoms with Crippen LogP contribution in [0.1, 0.15) is 38.6 Å². The number of hydrogen-bond donors (Lipinski definition) is 0. The van der Waals surface area contributed by atoms with Crippen LogP contribution in [0.3, 0.4) is 0 Å². The summed E-state index contributed by atoms with van der Waals surface area (Å²) in [6.45, 7) is 8.25. The molecule has 0 unspecified atom stereocenters. The van der Waals surface area contributed by atoms with Gasteiger partial charge in [0.15, 0.2) is 11.7 Å². The molecule has 24 heavy (non-hydrogen) atoms. The lowest BCUT2D eigenvalue weighted by Crippen LogP contribution is -2.15. The normalized spacial score (nSPS) is 22.7. The zero-order valence-electron chi connectivity index (χ0n) is 14.1. The Kier molecular flexibility index (Phi) is 4.27. The van der Waals surface area contributed by atoms with Crippen LogP contribution in [0.15, 0.2) is 29.8 Å². The van der Waals surface area contributed by atoms with Crippen molar-refractivity contribution in [2.75, 3.05) is 0 Å². The summed E-state index contributed by atoms with van der Waals surface area (Å²) < 4.78 is 0.943. The van der Waals surface area contributed by atoms with Gasteiger partial charge in [-0.1, -0.05) is 37.1 Å². The first-order chi connectivity index (χ1) is 11.3. The first-order valence-corrected chi connectivity index (χ1v) is 9.09. The van der Waals surface area contributed by atoms with E-state index in [1.165, 1.54) is 16.9 Å². The molecule has 1 fully saturated rings. The number of fused-ring (bicyclic) bond motifs is 1. The van der Waals surface area contributed by atoms with Crippen molar-refractivity contribution in [1.82, 2.24) is 4.98 Å². The van der Waals surface area contributed by atoms with Gasteiger partial charge in [-0.3, -0.25) is 4.79 Å². The first kappa shape index (κ1) is 17.1. The van der Waals surface area contributed by atoms with Crippen molar-refractivity contribution in [3.63, 3.8) is 0 Å². The Hall–Kier alpha value is -1.70. The molecule has 0 aliphatic heterocycles. The molecule has 124 valence electrons. The van der Waals surface area contributed by atoms with Crippen LogP contribution in [0.2, 0.25) is 5.02 Å². The number of carbonyl (C=O) groups excluding carboxylic acids is 1. The largest absolute Gasteiger partial charge is 0.297 e. The molecular formula is C19H19ClN2OS. The summed E-state index contributed by atoms with van der Waals surface area (Å²) in [7, 11) is 0. The van der Waals surface area contributed by atoms with Crippen LogP contribution in [-0.4, -0.2) is 10.8 Å². The third-order valence-corrected chi connectivity index (χ3v) is 6.09. The highest BCUT2D eigenvalue weighted by atomic mass is 35.5. The zero-order valence-corrected chi connectivity index (χ0v) is 15.7. The maximum absolute atomic E-state index is 13.0. The van der Waals surface area contributed by atoms with E-state index in [9.17, 15) is 10.1 Å². The van der Waals surface area contributed by atoms with Gasteiger partial charge >= 0.3 is 0 Å². The number of halogens is 1. The van der Waals surface area contributed by atoms with Crippen molar-refractivity contribution in [2.45, 2.75) is 33.6 Å². The molecule has 0 amide bonds. The van der Waals surface area contributed by atoms with Gasteiger partial charge in [-0.25, -0.2) is 4.98 Å². The topological polar surface area (TPSA) is 53.8 Å². The standard InChI is InChI=1S/C19H19ClN2OS/c1-10(2)7-13-16(19(13,3)4)17(23)12(9-21)18-22-14-8-11(20)5-6-15(14)24-18/h5-8,12-13,16H,1-4H3/t12-,13-,16-/m1/s1. The minimum atomic E-state index is -0.805. The molecule has 1 aromatic heterocycles. The maximum Gasteiger partial charge on any atom is 0.161 e. The van der Waals surface area contributed by atoms with Gasteiger partial charge in [0.25, 0.3) is 0 Å². The van der Waals surface area contributed by atoms with E-state index in [0.29, 0.717) is 10.0 Å². The third kappa shape index (κ3) is 2.87. The molecule has 1 aliphatic rings. The fourth-order valence-corrected chi connectivity index (χ4v) is 4.52. The molecule has 1 aromatic carbocycles. The van der Waals surface area contributed by atoms with E-state index in [-0.39, 0.29) is 23.0 Å². The minimum Gasteiger partial charge on any atom is -0.297 e. The molecule has 5 heteroatoms. The van der Waals surface area contributed by atoms with Gasteiger partial charge in [0.2, 0.25) is 0 Å². The average molecular weight is 359 g/mol. The maximum atomic E-state index is 13.0. The fraction of sp³-hybridized carbons (Fsp3) is 0.421. The lowest BCUT2D eigenvalue weighted by atomic mass is 9.98. The van der Waals surface area contributed by atoms with E-state index in [4.69, 9.17) is 11.6 Å². The number of thiazole rings is 1. The molecule has 0 spiro atoms. The molecule has 1 heterocycles. The zero-order chi connectivity index (χ0) is 17.6. The highest BCUT2D eigenvalue weighted by Gasteiger charge is 2.61. The number of hydrogen-bond acceptors (Lipinski definition) is 4. The Morgan fingerprint density at radius 1 is 1.46 bits per heavy atom. The molecule has 2 aromatic rings. The van der Waals surface area contributed by atoms with Crippen LogP contribution in [0.4, 0.5) is 0 Å². The fourth-order valence-electron chi connectivity index (χ4n) is 3.35. The van der Waals surface area contributed by atoms with Crippen LogP contribution in [0, 0.1) is 28.6 Å². The number of nitriles is 1. The Morgan fingerprint density at radius 3 is 2.79 bits per heavy atom. The van der Waals surface area contributed by atoms with Crippen molar-refractivity contribution in [1.29, 1.82) is 5.26 Å². The van der Waals surface area contributed by atoms with Crippen molar-refractivity contribution >= 4 is 38.9 Å². The Bertz CT molecular complexity index is 886. The summed E-state index contributed by atoms with van der Waals surface area (Å²) in [5.41, 5.74) is 1.85. The van der Waals surface area contributed by atoms with E-state index in [2.05, 4.69) is 31.0 Å². The number of rotatable bonds is 4. The monoisotopic (exact) mass is 358 g/mol. The van der Waals surface area contributed by atoms with Gasteiger partial charge < -0.3 is 0 Å². The highest BCUT2D eigenvalue weighted by molar-refractivity contribution is 7.18.